The molecule has 2 saturated carbocycles. The summed E-state index contributed by atoms with van der Waals surface area (Å²) in [7, 11) is 2.27. The average Bonchev–Trinajstić information content (AvgIpc) is 2.86. The molecule has 2 nitrogen and oxygen atoms in total. The quantitative estimate of drug-likeness (QED) is 0.691. The molecule has 2 rings (SSSR count). The van der Waals surface area contributed by atoms with E-state index in [9.17, 15) is 5.11 Å². The molecule has 0 spiro atoms. The lowest BCUT2D eigenvalue weighted by atomic mass is 9.88. The molecule has 100 valence electrons. The second-order valence-electron chi connectivity index (χ2n) is 6.54. The monoisotopic (exact) mass is 239 g/mol. The van der Waals surface area contributed by atoms with E-state index >= 15 is 0 Å². The summed E-state index contributed by atoms with van der Waals surface area (Å²) in [6.45, 7) is 4.41. The lowest BCUT2D eigenvalue weighted by Gasteiger charge is -2.27. The predicted molar refractivity (Wildman–Crippen MR) is 72.0 cm³/mol. The summed E-state index contributed by atoms with van der Waals surface area (Å²) in [5.74, 6) is 3.13. The Hall–Kier alpha value is -0.0800. The molecular weight excluding hydrogens is 210 g/mol. The van der Waals surface area contributed by atoms with Gasteiger partial charge >= 0.3 is 0 Å². The van der Waals surface area contributed by atoms with Crippen LogP contribution < -0.4 is 0 Å². The predicted octanol–water partition coefficient (Wildman–Crippen LogP) is 2.91. The van der Waals surface area contributed by atoms with Crippen molar-refractivity contribution in [3.8, 4) is 0 Å². The maximum Gasteiger partial charge on any atom is 0.0512 e. The number of aliphatic hydroxyl groups excluding tert-OH is 1. The van der Waals surface area contributed by atoms with Gasteiger partial charge in [-0.05, 0) is 76.8 Å². The second-order valence-corrected chi connectivity index (χ2v) is 6.54. The highest BCUT2D eigenvalue weighted by Gasteiger charge is 2.39. The number of aliphatic hydroxyl groups is 1. The fourth-order valence-electron chi connectivity index (χ4n) is 3.91. The van der Waals surface area contributed by atoms with Crippen molar-refractivity contribution in [1.82, 2.24) is 4.90 Å². The molecule has 17 heavy (non-hydrogen) atoms. The lowest BCUT2D eigenvalue weighted by Crippen LogP contribution is -2.29. The van der Waals surface area contributed by atoms with Crippen LogP contribution in [-0.2, 0) is 0 Å². The van der Waals surface area contributed by atoms with Crippen molar-refractivity contribution < 1.29 is 5.11 Å². The second kappa shape index (κ2) is 6.19. The Morgan fingerprint density at radius 2 is 2.06 bits per heavy atom. The molecule has 0 aliphatic heterocycles. The summed E-state index contributed by atoms with van der Waals surface area (Å²) >= 11 is 0. The van der Waals surface area contributed by atoms with Gasteiger partial charge in [-0.25, -0.2) is 0 Å². The lowest BCUT2D eigenvalue weighted by molar-refractivity contribution is 0.175. The number of rotatable bonds is 7. The highest BCUT2D eigenvalue weighted by atomic mass is 16.3. The van der Waals surface area contributed by atoms with Crippen molar-refractivity contribution in [2.24, 2.45) is 17.8 Å². The third-order valence-electron chi connectivity index (χ3n) is 4.84. The van der Waals surface area contributed by atoms with Gasteiger partial charge in [0.25, 0.3) is 0 Å². The minimum absolute atomic E-state index is 0.120. The van der Waals surface area contributed by atoms with Crippen LogP contribution in [-0.4, -0.2) is 36.2 Å². The number of nitrogens with zero attached hydrogens (tertiary/aromatic N) is 1. The van der Waals surface area contributed by atoms with Crippen LogP contribution in [0, 0.1) is 17.8 Å². The molecule has 2 heteroatoms. The highest BCUT2D eigenvalue weighted by Crippen LogP contribution is 2.48. The van der Waals surface area contributed by atoms with Gasteiger partial charge in [0.05, 0.1) is 6.10 Å². The van der Waals surface area contributed by atoms with Gasteiger partial charge in [-0.3, -0.25) is 0 Å². The molecule has 2 bridgehead atoms. The Bertz CT molecular complexity index is 229. The van der Waals surface area contributed by atoms with Gasteiger partial charge in [0.1, 0.15) is 0 Å². The van der Waals surface area contributed by atoms with Gasteiger partial charge in [-0.2, -0.15) is 0 Å². The maximum absolute atomic E-state index is 9.21. The first kappa shape index (κ1) is 13.4. The van der Waals surface area contributed by atoms with Crippen molar-refractivity contribution in [3.63, 3.8) is 0 Å². The van der Waals surface area contributed by atoms with Crippen LogP contribution in [0.1, 0.15) is 51.9 Å². The van der Waals surface area contributed by atoms with Crippen LogP contribution in [0.15, 0.2) is 0 Å². The van der Waals surface area contributed by atoms with E-state index < -0.39 is 0 Å². The summed E-state index contributed by atoms with van der Waals surface area (Å²) in [5.41, 5.74) is 0. The minimum atomic E-state index is -0.120. The number of fused-ring (bicyclic) bond motifs is 2. The van der Waals surface area contributed by atoms with Gasteiger partial charge in [-0.1, -0.05) is 6.42 Å². The minimum Gasteiger partial charge on any atom is -0.393 e. The Morgan fingerprint density at radius 3 is 2.65 bits per heavy atom. The molecule has 4 atom stereocenters. The van der Waals surface area contributed by atoms with E-state index in [1.54, 1.807) is 0 Å². The molecule has 0 aromatic rings. The van der Waals surface area contributed by atoms with E-state index in [-0.39, 0.29) is 6.10 Å². The van der Waals surface area contributed by atoms with Crippen molar-refractivity contribution in [3.05, 3.63) is 0 Å². The summed E-state index contributed by atoms with van der Waals surface area (Å²) in [6, 6.07) is 0. The van der Waals surface area contributed by atoms with E-state index in [4.69, 9.17) is 0 Å². The average molecular weight is 239 g/mol. The number of hydrogen-bond donors (Lipinski definition) is 1. The van der Waals surface area contributed by atoms with E-state index in [1.807, 2.05) is 6.92 Å². The molecule has 0 amide bonds. The molecule has 0 aromatic heterocycles. The molecule has 0 aromatic carbocycles. The Balaban J connectivity index is 1.56. The first-order valence-electron chi connectivity index (χ1n) is 7.51. The maximum atomic E-state index is 9.21. The standard InChI is InChI=1S/C15H29NO/c1-12(17)5-3-4-8-16(2)11-15-10-13-6-7-14(15)9-13/h12-15,17H,3-11H2,1-2H3. The highest BCUT2D eigenvalue weighted by molar-refractivity contribution is 4.90. The summed E-state index contributed by atoms with van der Waals surface area (Å²) in [6.07, 6.45) is 9.29. The van der Waals surface area contributed by atoms with Crippen LogP contribution in [0.2, 0.25) is 0 Å². The van der Waals surface area contributed by atoms with Crippen LogP contribution in [0.3, 0.4) is 0 Å². The third kappa shape index (κ3) is 3.96. The first-order valence-corrected chi connectivity index (χ1v) is 7.51. The van der Waals surface area contributed by atoms with Crippen molar-refractivity contribution in [1.29, 1.82) is 0 Å². The Kier molecular flexibility index (Phi) is 4.87. The van der Waals surface area contributed by atoms with Crippen LogP contribution in [0.5, 0.6) is 0 Å². The zero-order chi connectivity index (χ0) is 12.3. The molecule has 2 fully saturated rings. The summed E-state index contributed by atoms with van der Waals surface area (Å²) in [5, 5.41) is 9.21. The topological polar surface area (TPSA) is 23.5 Å². The first-order chi connectivity index (χ1) is 8.15. The molecule has 2 aliphatic rings. The van der Waals surface area contributed by atoms with Crippen molar-refractivity contribution >= 4 is 0 Å². The third-order valence-corrected chi connectivity index (χ3v) is 4.84. The van der Waals surface area contributed by atoms with Gasteiger partial charge in [-0.15, -0.1) is 0 Å². The molecule has 2 aliphatic carbocycles. The summed E-state index contributed by atoms with van der Waals surface area (Å²) in [4.78, 5) is 2.52. The summed E-state index contributed by atoms with van der Waals surface area (Å²) < 4.78 is 0. The van der Waals surface area contributed by atoms with Gasteiger partial charge in [0.2, 0.25) is 0 Å². The van der Waals surface area contributed by atoms with Crippen LogP contribution in [0.4, 0.5) is 0 Å². The van der Waals surface area contributed by atoms with Gasteiger partial charge in [0.15, 0.2) is 0 Å². The normalized spacial score (nSPS) is 33.5. The van der Waals surface area contributed by atoms with E-state index in [0.29, 0.717) is 0 Å². The Morgan fingerprint density at radius 1 is 1.24 bits per heavy atom. The van der Waals surface area contributed by atoms with Gasteiger partial charge < -0.3 is 10.0 Å². The van der Waals surface area contributed by atoms with Crippen LogP contribution in [0.25, 0.3) is 0 Å². The molecule has 1 N–H and O–H groups in total. The molecule has 0 radical (unpaired) electrons. The van der Waals surface area contributed by atoms with E-state index in [1.165, 1.54) is 51.6 Å². The fourth-order valence-corrected chi connectivity index (χ4v) is 3.91. The zero-order valence-corrected chi connectivity index (χ0v) is 11.6. The van der Waals surface area contributed by atoms with Gasteiger partial charge in [0, 0.05) is 6.54 Å². The smallest absolute Gasteiger partial charge is 0.0512 e. The molecule has 4 unspecified atom stereocenters. The zero-order valence-electron chi connectivity index (χ0n) is 11.6. The van der Waals surface area contributed by atoms with Crippen molar-refractivity contribution in [2.45, 2.75) is 58.0 Å². The van der Waals surface area contributed by atoms with Crippen LogP contribution >= 0.6 is 0 Å². The molecular formula is C15H29NO. The fraction of sp³-hybridized carbons (Fsp3) is 1.00. The van der Waals surface area contributed by atoms with E-state index in [2.05, 4.69) is 11.9 Å². The van der Waals surface area contributed by atoms with Crippen molar-refractivity contribution in [2.75, 3.05) is 20.1 Å². The number of hydrogen-bond acceptors (Lipinski definition) is 2. The Labute approximate surface area is 106 Å². The molecule has 0 heterocycles. The largest absolute Gasteiger partial charge is 0.393 e. The SMILES string of the molecule is CC(O)CCCCN(C)CC1CC2CCC1C2. The number of unbranched alkanes of at least 4 members (excludes halogenated alkanes) is 1. The molecule has 0 saturated heterocycles. The van der Waals surface area contributed by atoms with E-state index in [0.717, 1.165) is 24.2 Å².